The van der Waals surface area contributed by atoms with Crippen molar-refractivity contribution in [2.24, 2.45) is 10.8 Å². The van der Waals surface area contributed by atoms with Crippen LogP contribution in [0, 0.1) is 10.8 Å². The van der Waals surface area contributed by atoms with Crippen molar-refractivity contribution < 1.29 is 0 Å². The Morgan fingerprint density at radius 2 is 1.24 bits per heavy atom. The van der Waals surface area contributed by atoms with E-state index in [9.17, 15) is 0 Å². The van der Waals surface area contributed by atoms with Gasteiger partial charge in [-0.25, -0.2) is 0 Å². The van der Waals surface area contributed by atoms with Gasteiger partial charge in [0.05, 0.1) is 0 Å². The number of hydrogen-bond acceptors (Lipinski definition) is 0. The lowest BCUT2D eigenvalue weighted by atomic mass is 9.70. The van der Waals surface area contributed by atoms with E-state index < -0.39 is 0 Å². The standard InChI is InChI=1S/C23H30Br2/c1-22(2,14-12-18-8-10-20(24)11-9-18)17-23(3,4)15-13-19-6-5-7-21(25)16-19/h5-11,16H,12-15,17H2,1-4H3. The van der Waals surface area contributed by atoms with Crippen LogP contribution < -0.4 is 0 Å². The van der Waals surface area contributed by atoms with Gasteiger partial charge in [0, 0.05) is 8.95 Å². The summed E-state index contributed by atoms with van der Waals surface area (Å²) in [4.78, 5) is 0. The summed E-state index contributed by atoms with van der Waals surface area (Å²) in [6.07, 6.45) is 6.02. The number of hydrogen-bond donors (Lipinski definition) is 0. The molecule has 0 nitrogen and oxygen atoms in total. The second-order valence-corrected chi connectivity index (χ2v) is 10.6. The molecule has 0 fully saturated rings. The molecule has 0 N–H and O–H groups in total. The minimum atomic E-state index is 0.353. The monoisotopic (exact) mass is 464 g/mol. The predicted molar refractivity (Wildman–Crippen MR) is 117 cm³/mol. The topological polar surface area (TPSA) is 0 Å². The Morgan fingerprint density at radius 3 is 1.80 bits per heavy atom. The molecule has 0 aliphatic heterocycles. The third-order valence-corrected chi connectivity index (χ3v) is 5.96. The molecular formula is C23H30Br2. The SMILES string of the molecule is CC(C)(CCc1ccc(Br)cc1)CC(C)(C)CCc1cccc(Br)c1. The predicted octanol–water partition coefficient (Wildman–Crippen LogP) is 8.22. The van der Waals surface area contributed by atoms with E-state index >= 15 is 0 Å². The highest BCUT2D eigenvalue weighted by Gasteiger charge is 2.28. The van der Waals surface area contributed by atoms with E-state index in [0.717, 1.165) is 17.3 Å². The van der Waals surface area contributed by atoms with Crippen LogP contribution in [0.5, 0.6) is 0 Å². The summed E-state index contributed by atoms with van der Waals surface area (Å²) in [6.45, 7) is 9.69. The largest absolute Gasteiger partial charge is 0.0609 e. The van der Waals surface area contributed by atoms with E-state index in [-0.39, 0.29) is 0 Å². The Morgan fingerprint density at radius 1 is 0.680 bits per heavy atom. The van der Waals surface area contributed by atoms with Crippen molar-refractivity contribution in [2.75, 3.05) is 0 Å². The van der Waals surface area contributed by atoms with Gasteiger partial charge in [0.1, 0.15) is 0 Å². The maximum absolute atomic E-state index is 3.58. The lowest BCUT2D eigenvalue weighted by Gasteiger charge is -2.35. The summed E-state index contributed by atoms with van der Waals surface area (Å²) in [5.41, 5.74) is 3.57. The highest BCUT2D eigenvalue weighted by Crippen LogP contribution is 2.39. The van der Waals surface area contributed by atoms with Crippen LogP contribution in [0.1, 0.15) is 58.1 Å². The molecule has 0 saturated carbocycles. The van der Waals surface area contributed by atoms with E-state index in [1.807, 2.05) is 0 Å². The summed E-state index contributed by atoms with van der Waals surface area (Å²) in [7, 11) is 0. The zero-order chi connectivity index (χ0) is 18.5. The highest BCUT2D eigenvalue weighted by molar-refractivity contribution is 9.10. The molecule has 0 atom stereocenters. The average molecular weight is 466 g/mol. The highest BCUT2D eigenvalue weighted by atomic mass is 79.9. The quantitative estimate of drug-likeness (QED) is 0.368. The first kappa shape index (κ1) is 20.7. The Kier molecular flexibility index (Phi) is 7.34. The maximum atomic E-state index is 3.58. The first-order valence-corrected chi connectivity index (χ1v) is 10.7. The normalized spacial score (nSPS) is 12.4. The first-order valence-electron chi connectivity index (χ1n) is 9.14. The second-order valence-electron chi connectivity index (χ2n) is 8.76. The fourth-order valence-corrected chi connectivity index (χ4v) is 4.49. The van der Waals surface area contributed by atoms with Crippen LogP contribution in [0.25, 0.3) is 0 Å². The van der Waals surface area contributed by atoms with E-state index in [2.05, 4.69) is 108 Å². The lowest BCUT2D eigenvalue weighted by molar-refractivity contribution is 0.172. The molecule has 0 bridgehead atoms. The number of benzene rings is 2. The molecule has 2 rings (SSSR count). The number of rotatable bonds is 8. The Labute approximate surface area is 170 Å². The van der Waals surface area contributed by atoms with Crippen molar-refractivity contribution in [2.45, 2.75) is 59.8 Å². The molecule has 2 aromatic carbocycles. The van der Waals surface area contributed by atoms with Gasteiger partial charge >= 0.3 is 0 Å². The second kappa shape index (κ2) is 8.86. The van der Waals surface area contributed by atoms with Crippen molar-refractivity contribution in [1.82, 2.24) is 0 Å². The lowest BCUT2D eigenvalue weighted by Crippen LogP contribution is -2.24. The van der Waals surface area contributed by atoms with Crippen molar-refractivity contribution in [3.05, 3.63) is 68.6 Å². The van der Waals surface area contributed by atoms with Crippen LogP contribution >= 0.6 is 31.9 Å². The zero-order valence-corrected chi connectivity index (χ0v) is 19.1. The van der Waals surface area contributed by atoms with Crippen LogP contribution in [0.2, 0.25) is 0 Å². The average Bonchev–Trinajstić information content (AvgIpc) is 2.52. The third kappa shape index (κ3) is 7.66. The van der Waals surface area contributed by atoms with Gasteiger partial charge in [-0.15, -0.1) is 0 Å². The zero-order valence-electron chi connectivity index (χ0n) is 15.9. The van der Waals surface area contributed by atoms with Crippen molar-refractivity contribution in [3.63, 3.8) is 0 Å². The fraction of sp³-hybridized carbons (Fsp3) is 0.478. The molecule has 0 spiro atoms. The van der Waals surface area contributed by atoms with Gasteiger partial charge in [0.15, 0.2) is 0 Å². The summed E-state index contributed by atoms with van der Waals surface area (Å²) < 4.78 is 2.34. The van der Waals surface area contributed by atoms with Gasteiger partial charge in [-0.05, 0) is 78.3 Å². The summed E-state index contributed by atoms with van der Waals surface area (Å²) in [6, 6.07) is 17.5. The fourth-order valence-electron chi connectivity index (χ4n) is 3.78. The molecule has 0 unspecified atom stereocenters. The first-order chi connectivity index (χ1) is 11.7. The van der Waals surface area contributed by atoms with Gasteiger partial charge < -0.3 is 0 Å². The van der Waals surface area contributed by atoms with E-state index in [1.54, 1.807) is 0 Å². The van der Waals surface area contributed by atoms with Gasteiger partial charge in [0.2, 0.25) is 0 Å². The molecule has 2 aromatic rings. The van der Waals surface area contributed by atoms with Gasteiger partial charge in [0.25, 0.3) is 0 Å². The van der Waals surface area contributed by atoms with Crippen molar-refractivity contribution in [3.8, 4) is 0 Å². The molecule has 0 amide bonds. The number of halogens is 2. The van der Waals surface area contributed by atoms with Crippen LogP contribution in [0.4, 0.5) is 0 Å². The maximum Gasteiger partial charge on any atom is 0.0177 e. The van der Waals surface area contributed by atoms with Crippen LogP contribution in [0.3, 0.4) is 0 Å². The molecule has 2 heteroatoms. The minimum absolute atomic E-state index is 0.353. The molecule has 0 aliphatic rings. The molecular weight excluding hydrogens is 436 g/mol. The molecule has 0 aromatic heterocycles. The summed E-state index contributed by atoms with van der Waals surface area (Å²) >= 11 is 7.09. The third-order valence-electron chi connectivity index (χ3n) is 4.94. The van der Waals surface area contributed by atoms with Crippen molar-refractivity contribution in [1.29, 1.82) is 0 Å². The van der Waals surface area contributed by atoms with Gasteiger partial charge in [-0.3, -0.25) is 0 Å². The molecule has 0 heterocycles. The van der Waals surface area contributed by atoms with E-state index in [0.29, 0.717) is 10.8 Å². The van der Waals surface area contributed by atoms with E-state index in [1.165, 1.54) is 34.9 Å². The van der Waals surface area contributed by atoms with Gasteiger partial charge in [-0.2, -0.15) is 0 Å². The summed E-state index contributed by atoms with van der Waals surface area (Å²) in [5, 5.41) is 0. The molecule has 0 saturated heterocycles. The Bertz CT molecular complexity index is 669. The minimum Gasteiger partial charge on any atom is -0.0609 e. The Hall–Kier alpha value is -0.600. The van der Waals surface area contributed by atoms with Gasteiger partial charge in [-0.1, -0.05) is 83.8 Å². The molecule has 0 radical (unpaired) electrons. The Balaban J connectivity index is 1.87. The molecule has 136 valence electrons. The number of aryl methyl sites for hydroxylation is 2. The van der Waals surface area contributed by atoms with E-state index in [4.69, 9.17) is 0 Å². The summed E-state index contributed by atoms with van der Waals surface area (Å²) in [5.74, 6) is 0. The molecule has 0 aliphatic carbocycles. The smallest absolute Gasteiger partial charge is 0.0177 e. The van der Waals surface area contributed by atoms with Crippen molar-refractivity contribution >= 4 is 31.9 Å². The molecule has 25 heavy (non-hydrogen) atoms. The van der Waals surface area contributed by atoms with Crippen LogP contribution in [0.15, 0.2) is 57.5 Å². The van der Waals surface area contributed by atoms with Crippen LogP contribution in [-0.2, 0) is 12.8 Å². The van der Waals surface area contributed by atoms with Crippen LogP contribution in [-0.4, -0.2) is 0 Å².